The summed E-state index contributed by atoms with van der Waals surface area (Å²) in [6.45, 7) is 4.75. The second kappa shape index (κ2) is 6.37. The number of carbonyl (C=O) groups is 2. The molecule has 0 unspecified atom stereocenters. The first-order valence-corrected chi connectivity index (χ1v) is 8.19. The molecule has 0 aliphatic carbocycles. The van der Waals surface area contributed by atoms with Gasteiger partial charge in [0.2, 0.25) is 0 Å². The number of rotatable bonds is 2. The fourth-order valence-corrected chi connectivity index (χ4v) is 3.38. The molecule has 3 rings (SSSR count). The van der Waals surface area contributed by atoms with Gasteiger partial charge in [-0.2, -0.15) is 0 Å². The van der Waals surface area contributed by atoms with Crippen LogP contribution in [-0.4, -0.2) is 33.5 Å². The van der Waals surface area contributed by atoms with Crippen LogP contribution in [-0.2, 0) is 12.0 Å². The Labute approximate surface area is 150 Å². The molecule has 0 spiro atoms. The van der Waals surface area contributed by atoms with Gasteiger partial charge in [0.05, 0.1) is 5.56 Å². The van der Waals surface area contributed by atoms with E-state index in [0.29, 0.717) is 18.8 Å². The van der Waals surface area contributed by atoms with Crippen molar-refractivity contribution in [1.82, 2.24) is 9.88 Å². The van der Waals surface area contributed by atoms with Crippen molar-refractivity contribution in [1.29, 1.82) is 0 Å². The van der Waals surface area contributed by atoms with E-state index in [-0.39, 0.29) is 22.0 Å². The van der Waals surface area contributed by atoms with E-state index in [1.165, 1.54) is 11.1 Å². The zero-order valence-electron chi connectivity index (χ0n) is 13.9. The summed E-state index contributed by atoms with van der Waals surface area (Å²) < 4.78 is 0. The third kappa shape index (κ3) is 3.44. The minimum absolute atomic E-state index is 0.135. The van der Waals surface area contributed by atoms with Gasteiger partial charge in [0, 0.05) is 30.4 Å². The van der Waals surface area contributed by atoms with E-state index in [1.807, 2.05) is 32.0 Å². The minimum Gasteiger partial charge on any atom is -0.465 e. The molecule has 7 heteroatoms. The maximum atomic E-state index is 12.4. The van der Waals surface area contributed by atoms with E-state index in [0.717, 1.165) is 11.1 Å². The van der Waals surface area contributed by atoms with Gasteiger partial charge in [-0.05, 0) is 35.4 Å². The predicted molar refractivity (Wildman–Crippen MR) is 95.1 cm³/mol. The van der Waals surface area contributed by atoms with Crippen LogP contribution < -0.4 is 5.32 Å². The SMILES string of the molecule is CC1(C)CN(C(=O)O)Cc2cc(NC(=O)c3cccnc3Cl)ccc21. The molecule has 6 nitrogen and oxygen atoms in total. The van der Waals surface area contributed by atoms with Crippen molar-refractivity contribution >= 4 is 29.3 Å². The lowest BCUT2D eigenvalue weighted by atomic mass is 9.78. The Balaban J connectivity index is 1.88. The number of fused-ring (bicyclic) bond motifs is 1. The Morgan fingerprint density at radius 1 is 1.32 bits per heavy atom. The molecule has 25 heavy (non-hydrogen) atoms. The van der Waals surface area contributed by atoms with E-state index in [1.54, 1.807) is 12.1 Å². The number of carbonyl (C=O) groups excluding carboxylic acids is 1. The molecule has 1 aliphatic heterocycles. The molecule has 1 aliphatic rings. The first-order valence-electron chi connectivity index (χ1n) is 7.81. The highest BCUT2D eigenvalue weighted by Crippen LogP contribution is 2.35. The molecule has 0 bridgehead atoms. The Morgan fingerprint density at radius 3 is 2.76 bits per heavy atom. The molecule has 2 heterocycles. The monoisotopic (exact) mass is 359 g/mol. The van der Waals surface area contributed by atoms with Crippen molar-refractivity contribution in [2.24, 2.45) is 0 Å². The van der Waals surface area contributed by atoms with Gasteiger partial charge in [0.1, 0.15) is 5.15 Å². The number of nitrogens with one attached hydrogen (secondary N) is 1. The average Bonchev–Trinajstić information content (AvgIpc) is 2.54. The van der Waals surface area contributed by atoms with Crippen molar-refractivity contribution in [3.05, 3.63) is 58.4 Å². The Morgan fingerprint density at radius 2 is 2.08 bits per heavy atom. The minimum atomic E-state index is -0.949. The topological polar surface area (TPSA) is 82.5 Å². The summed E-state index contributed by atoms with van der Waals surface area (Å²) >= 11 is 5.95. The highest BCUT2D eigenvalue weighted by Gasteiger charge is 2.33. The molecule has 2 N–H and O–H groups in total. The lowest BCUT2D eigenvalue weighted by Crippen LogP contribution is -2.44. The summed E-state index contributed by atoms with van der Waals surface area (Å²) in [5, 5.41) is 12.3. The Kier molecular flexibility index (Phi) is 4.39. The maximum absolute atomic E-state index is 12.4. The van der Waals surface area contributed by atoms with Crippen LogP contribution in [0.2, 0.25) is 5.15 Å². The number of aromatic nitrogens is 1. The van der Waals surface area contributed by atoms with Gasteiger partial charge in [-0.1, -0.05) is 31.5 Å². The maximum Gasteiger partial charge on any atom is 0.407 e. The number of pyridine rings is 1. The summed E-state index contributed by atoms with van der Waals surface area (Å²) in [5.74, 6) is -0.358. The van der Waals surface area contributed by atoms with Gasteiger partial charge in [-0.25, -0.2) is 9.78 Å². The number of nitrogens with zero attached hydrogens (tertiary/aromatic N) is 2. The van der Waals surface area contributed by atoms with Gasteiger partial charge >= 0.3 is 6.09 Å². The Bertz CT molecular complexity index is 851. The van der Waals surface area contributed by atoms with E-state index >= 15 is 0 Å². The van der Waals surface area contributed by atoms with Gasteiger partial charge in [0.25, 0.3) is 5.91 Å². The molecular weight excluding hydrogens is 342 g/mol. The molecule has 130 valence electrons. The van der Waals surface area contributed by atoms with Crippen molar-refractivity contribution in [3.63, 3.8) is 0 Å². The molecule has 0 saturated carbocycles. The van der Waals surface area contributed by atoms with E-state index in [9.17, 15) is 14.7 Å². The van der Waals surface area contributed by atoms with Crippen LogP contribution in [0.4, 0.5) is 10.5 Å². The van der Waals surface area contributed by atoms with Crippen molar-refractivity contribution in [2.75, 3.05) is 11.9 Å². The molecular formula is C18H18ClN3O3. The molecule has 2 amide bonds. The summed E-state index contributed by atoms with van der Waals surface area (Å²) in [7, 11) is 0. The number of carboxylic acid groups (broad SMARTS) is 1. The number of hydrogen-bond acceptors (Lipinski definition) is 3. The second-order valence-corrected chi connectivity index (χ2v) is 7.05. The van der Waals surface area contributed by atoms with E-state index in [2.05, 4.69) is 10.3 Å². The van der Waals surface area contributed by atoms with E-state index in [4.69, 9.17) is 11.6 Å². The number of benzene rings is 1. The fourth-order valence-electron chi connectivity index (χ4n) is 3.18. The van der Waals surface area contributed by atoms with Gasteiger partial charge in [-0.15, -0.1) is 0 Å². The third-order valence-electron chi connectivity index (χ3n) is 4.31. The van der Waals surface area contributed by atoms with Crippen LogP contribution >= 0.6 is 11.6 Å². The summed E-state index contributed by atoms with van der Waals surface area (Å²) in [5.41, 5.74) is 2.55. The lowest BCUT2D eigenvalue weighted by molar-refractivity contribution is 0.102. The van der Waals surface area contributed by atoms with Crippen LogP contribution in [0.15, 0.2) is 36.5 Å². The normalized spacial score (nSPS) is 15.4. The van der Waals surface area contributed by atoms with Crippen LogP contribution in [0.25, 0.3) is 0 Å². The molecule has 0 radical (unpaired) electrons. The lowest BCUT2D eigenvalue weighted by Gasteiger charge is -2.38. The highest BCUT2D eigenvalue weighted by molar-refractivity contribution is 6.33. The van der Waals surface area contributed by atoms with Crippen molar-refractivity contribution < 1.29 is 14.7 Å². The number of amides is 2. The molecule has 0 atom stereocenters. The van der Waals surface area contributed by atoms with Crippen molar-refractivity contribution in [3.8, 4) is 0 Å². The quantitative estimate of drug-likeness (QED) is 0.800. The summed E-state index contributed by atoms with van der Waals surface area (Å²) in [6.07, 6.45) is 0.566. The summed E-state index contributed by atoms with van der Waals surface area (Å²) in [6, 6.07) is 8.81. The third-order valence-corrected chi connectivity index (χ3v) is 4.62. The average molecular weight is 360 g/mol. The largest absolute Gasteiger partial charge is 0.465 e. The molecule has 1 aromatic heterocycles. The summed E-state index contributed by atoms with van der Waals surface area (Å²) in [4.78, 5) is 29.0. The standard InChI is InChI=1S/C18H18ClN3O3/c1-18(2)10-22(17(24)25)9-11-8-12(5-6-14(11)18)21-16(23)13-4-3-7-20-15(13)19/h3-8H,9-10H2,1-2H3,(H,21,23)(H,24,25). The number of anilines is 1. The van der Waals surface area contributed by atoms with Gasteiger partial charge in [0.15, 0.2) is 0 Å². The Hall–Kier alpha value is -2.60. The molecule has 2 aromatic rings. The van der Waals surface area contributed by atoms with Gasteiger partial charge in [-0.3, -0.25) is 4.79 Å². The molecule has 0 saturated heterocycles. The number of hydrogen-bond donors (Lipinski definition) is 2. The zero-order valence-corrected chi connectivity index (χ0v) is 14.7. The predicted octanol–water partition coefficient (Wildman–Crippen LogP) is 3.76. The van der Waals surface area contributed by atoms with Crippen LogP contribution in [0.1, 0.15) is 35.3 Å². The fraction of sp³-hybridized carbons (Fsp3) is 0.278. The number of halogens is 1. The smallest absolute Gasteiger partial charge is 0.407 e. The van der Waals surface area contributed by atoms with Crippen LogP contribution in [0.3, 0.4) is 0 Å². The van der Waals surface area contributed by atoms with Gasteiger partial charge < -0.3 is 15.3 Å². The zero-order chi connectivity index (χ0) is 18.2. The van der Waals surface area contributed by atoms with Crippen LogP contribution in [0.5, 0.6) is 0 Å². The van der Waals surface area contributed by atoms with E-state index < -0.39 is 6.09 Å². The first-order chi connectivity index (χ1) is 11.8. The van der Waals surface area contributed by atoms with Crippen molar-refractivity contribution in [2.45, 2.75) is 25.8 Å². The second-order valence-electron chi connectivity index (χ2n) is 6.69. The van der Waals surface area contributed by atoms with Crippen LogP contribution in [0, 0.1) is 0 Å². The molecule has 0 fully saturated rings. The molecule has 1 aromatic carbocycles. The highest BCUT2D eigenvalue weighted by atomic mass is 35.5. The first kappa shape index (κ1) is 17.2.